The fraction of sp³-hybridized carbons (Fsp3) is 0.435. The molecule has 1 fully saturated rings. The van der Waals surface area contributed by atoms with Crippen LogP contribution in [0.4, 0.5) is 10.2 Å². The number of halogens is 1. The topological polar surface area (TPSA) is 81.1 Å². The lowest BCUT2D eigenvalue weighted by Crippen LogP contribution is -2.37. The molecule has 1 amide bonds. The van der Waals surface area contributed by atoms with Crippen molar-refractivity contribution in [1.82, 2.24) is 20.1 Å². The molecule has 1 aliphatic rings. The number of aryl methyl sites for hydroxylation is 1. The number of carbonyl (C=O) groups excluding carboxylic acids is 1. The number of methoxy groups -OCH3 is 1. The van der Waals surface area contributed by atoms with Crippen molar-refractivity contribution in [2.24, 2.45) is 13.0 Å². The molecule has 2 heterocycles. The maximum Gasteiger partial charge on any atom is 0.228 e. The van der Waals surface area contributed by atoms with E-state index in [1.807, 2.05) is 19.3 Å². The average Bonchev–Trinajstić information content (AvgIpc) is 3.20. The van der Waals surface area contributed by atoms with Gasteiger partial charge in [-0.3, -0.25) is 9.48 Å². The summed E-state index contributed by atoms with van der Waals surface area (Å²) < 4.78 is 21.4. The molecule has 0 bridgehead atoms. The summed E-state index contributed by atoms with van der Waals surface area (Å²) in [5, 5.41) is 11.7. The first-order valence-electron chi connectivity index (χ1n) is 10.6. The van der Waals surface area contributed by atoms with Crippen LogP contribution in [0.3, 0.4) is 0 Å². The van der Waals surface area contributed by atoms with E-state index < -0.39 is 0 Å². The Labute approximate surface area is 181 Å². The normalized spacial score (nSPS) is 18.9. The van der Waals surface area contributed by atoms with Crippen molar-refractivity contribution in [2.45, 2.75) is 31.7 Å². The average molecular weight is 426 g/mol. The number of hydrogen-bond donors (Lipinski definition) is 2. The summed E-state index contributed by atoms with van der Waals surface area (Å²) in [5.41, 5.74) is 1.57. The molecule has 3 aromatic rings. The van der Waals surface area contributed by atoms with E-state index in [9.17, 15) is 9.18 Å². The second kappa shape index (κ2) is 9.53. The van der Waals surface area contributed by atoms with Gasteiger partial charge in [0.15, 0.2) is 0 Å². The van der Waals surface area contributed by atoms with Gasteiger partial charge in [0.05, 0.1) is 12.8 Å². The maximum absolute atomic E-state index is 14.6. The van der Waals surface area contributed by atoms with Crippen LogP contribution in [0.5, 0.6) is 0 Å². The quantitative estimate of drug-likeness (QED) is 0.566. The third-order valence-corrected chi connectivity index (χ3v) is 5.91. The van der Waals surface area contributed by atoms with Gasteiger partial charge in [0.1, 0.15) is 11.6 Å². The number of carbonyl (C=O) groups is 1. The number of nitrogens with zero attached hydrogens (tertiary/aromatic N) is 3. The van der Waals surface area contributed by atoms with Crippen LogP contribution in [0.1, 0.15) is 25.7 Å². The molecule has 0 unspecified atom stereocenters. The number of benzene rings is 1. The molecule has 2 aromatic heterocycles. The zero-order valence-electron chi connectivity index (χ0n) is 17.9. The smallest absolute Gasteiger partial charge is 0.228 e. The Balaban J connectivity index is 1.43. The Morgan fingerprint density at radius 1 is 1.19 bits per heavy atom. The summed E-state index contributed by atoms with van der Waals surface area (Å²) in [6.07, 6.45) is 8.62. The molecule has 4 rings (SSSR count). The summed E-state index contributed by atoms with van der Waals surface area (Å²) in [6.45, 7) is 1.52. The van der Waals surface area contributed by atoms with E-state index in [4.69, 9.17) is 4.74 Å². The molecule has 31 heavy (non-hydrogen) atoms. The molecule has 0 atom stereocenters. The van der Waals surface area contributed by atoms with Crippen LogP contribution < -0.4 is 10.6 Å². The van der Waals surface area contributed by atoms with Crippen molar-refractivity contribution in [3.63, 3.8) is 0 Å². The molecule has 8 heteroatoms. The van der Waals surface area contributed by atoms with Crippen LogP contribution in [0, 0.1) is 11.7 Å². The fourth-order valence-electron chi connectivity index (χ4n) is 4.17. The number of anilines is 1. The van der Waals surface area contributed by atoms with Crippen molar-refractivity contribution >= 4 is 22.5 Å². The Kier molecular flexibility index (Phi) is 6.58. The van der Waals surface area contributed by atoms with Crippen LogP contribution in [0.2, 0.25) is 0 Å². The number of nitrogens with one attached hydrogen (secondary N) is 2. The highest BCUT2D eigenvalue weighted by Crippen LogP contribution is 2.29. The molecule has 7 nitrogen and oxygen atoms in total. The summed E-state index contributed by atoms with van der Waals surface area (Å²) >= 11 is 0. The highest BCUT2D eigenvalue weighted by molar-refractivity contribution is 5.95. The lowest BCUT2D eigenvalue weighted by molar-refractivity contribution is -0.120. The van der Waals surface area contributed by atoms with Gasteiger partial charge in [-0.1, -0.05) is 0 Å². The molecule has 0 saturated heterocycles. The first kappa shape index (κ1) is 21.4. The number of hydrogen-bond acceptors (Lipinski definition) is 5. The third kappa shape index (κ3) is 5.08. The van der Waals surface area contributed by atoms with E-state index in [0.717, 1.165) is 43.4 Å². The van der Waals surface area contributed by atoms with Crippen molar-refractivity contribution in [3.8, 4) is 11.1 Å². The van der Waals surface area contributed by atoms with Gasteiger partial charge in [0.2, 0.25) is 5.91 Å². The SMILES string of the molecule is COCCN[C@H]1CC[C@H](C(=O)Nc2cc3cc(-c4cnn(C)c4)cc(F)c3cn2)CC1. The second-order valence-electron chi connectivity index (χ2n) is 8.14. The Hall–Kier alpha value is -2.84. The van der Waals surface area contributed by atoms with E-state index >= 15 is 0 Å². The van der Waals surface area contributed by atoms with Crippen LogP contribution in [-0.4, -0.2) is 47.0 Å². The maximum atomic E-state index is 14.6. The number of rotatable bonds is 7. The van der Waals surface area contributed by atoms with E-state index in [1.165, 1.54) is 12.3 Å². The Morgan fingerprint density at radius 2 is 2.00 bits per heavy atom. The van der Waals surface area contributed by atoms with E-state index in [-0.39, 0.29) is 17.6 Å². The minimum atomic E-state index is -0.346. The minimum absolute atomic E-state index is 0.0222. The summed E-state index contributed by atoms with van der Waals surface area (Å²) in [7, 11) is 3.51. The van der Waals surface area contributed by atoms with Crippen LogP contribution in [-0.2, 0) is 16.6 Å². The summed E-state index contributed by atoms with van der Waals surface area (Å²) in [5.74, 6) is 0.0455. The van der Waals surface area contributed by atoms with Gasteiger partial charge < -0.3 is 15.4 Å². The van der Waals surface area contributed by atoms with E-state index in [0.29, 0.717) is 29.2 Å². The van der Waals surface area contributed by atoms with E-state index in [1.54, 1.807) is 24.1 Å². The number of aromatic nitrogens is 3. The molecule has 1 aliphatic carbocycles. The molecule has 0 aliphatic heterocycles. The predicted octanol–water partition coefficient (Wildman–Crippen LogP) is 3.51. The molecule has 0 spiro atoms. The van der Waals surface area contributed by atoms with E-state index in [2.05, 4.69) is 20.7 Å². The van der Waals surface area contributed by atoms with Gasteiger partial charge >= 0.3 is 0 Å². The molecular formula is C23H28FN5O2. The number of fused-ring (bicyclic) bond motifs is 1. The van der Waals surface area contributed by atoms with Gasteiger partial charge in [0.25, 0.3) is 0 Å². The largest absolute Gasteiger partial charge is 0.383 e. The fourth-order valence-corrected chi connectivity index (χ4v) is 4.17. The standard InChI is InChI=1S/C23H28FN5O2/c1-29-14-18(12-27-29)16-9-17-11-22(26-13-20(17)21(24)10-16)28-23(30)15-3-5-19(6-4-15)25-7-8-31-2/h9-15,19,25H,3-8H2,1-2H3,(H,26,28,30)/t15-,19-. The van der Waals surface area contributed by atoms with Crippen LogP contribution in [0.15, 0.2) is 36.8 Å². The highest BCUT2D eigenvalue weighted by Gasteiger charge is 2.26. The van der Waals surface area contributed by atoms with Gasteiger partial charge in [-0.2, -0.15) is 5.10 Å². The molecule has 164 valence electrons. The number of amides is 1. The Morgan fingerprint density at radius 3 is 2.71 bits per heavy atom. The Bertz CT molecular complexity index is 1060. The highest BCUT2D eigenvalue weighted by atomic mass is 19.1. The van der Waals surface area contributed by atoms with Crippen molar-refractivity contribution in [3.05, 3.63) is 42.6 Å². The second-order valence-corrected chi connectivity index (χ2v) is 8.14. The van der Waals surface area contributed by atoms with Gasteiger partial charge in [0, 0.05) is 56.0 Å². The lowest BCUT2D eigenvalue weighted by Gasteiger charge is -2.28. The number of pyridine rings is 1. The first-order chi connectivity index (χ1) is 15.0. The van der Waals surface area contributed by atoms with Gasteiger partial charge in [-0.25, -0.2) is 9.37 Å². The van der Waals surface area contributed by atoms with Gasteiger partial charge in [-0.15, -0.1) is 0 Å². The zero-order chi connectivity index (χ0) is 21.8. The predicted molar refractivity (Wildman–Crippen MR) is 118 cm³/mol. The van der Waals surface area contributed by atoms with Gasteiger partial charge in [-0.05, 0) is 54.8 Å². The van der Waals surface area contributed by atoms with Crippen molar-refractivity contribution < 1.29 is 13.9 Å². The number of ether oxygens (including phenoxy) is 1. The zero-order valence-corrected chi connectivity index (χ0v) is 17.9. The van der Waals surface area contributed by atoms with Crippen molar-refractivity contribution in [2.75, 3.05) is 25.6 Å². The van der Waals surface area contributed by atoms with Crippen molar-refractivity contribution in [1.29, 1.82) is 0 Å². The first-order valence-corrected chi connectivity index (χ1v) is 10.6. The molecule has 2 N–H and O–H groups in total. The molecule has 1 saturated carbocycles. The van der Waals surface area contributed by atoms with Crippen LogP contribution >= 0.6 is 0 Å². The minimum Gasteiger partial charge on any atom is -0.383 e. The lowest BCUT2D eigenvalue weighted by atomic mass is 9.85. The summed E-state index contributed by atoms with van der Waals surface area (Å²) in [4.78, 5) is 17.0. The molecule has 1 aromatic carbocycles. The third-order valence-electron chi connectivity index (χ3n) is 5.91. The summed E-state index contributed by atoms with van der Waals surface area (Å²) in [6, 6.07) is 5.54. The monoisotopic (exact) mass is 425 g/mol. The van der Waals surface area contributed by atoms with Crippen LogP contribution in [0.25, 0.3) is 21.9 Å². The molecule has 0 radical (unpaired) electrons. The molecular weight excluding hydrogens is 397 g/mol.